The Bertz CT molecular complexity index is 830. The molecule has 6 heteroatoms. The molecule has 3 aromatic rings. The zero-order chi connectivity index (χ0) is 14.8. The molecular weight excluding hydrogens is 288 g/mol. The number of benzene rings is 1. The first-order valence-corrected chi connectivity index (χ1v) is 6.66. The van der Waals surface area contributed by atoms with Crippen molar-refractivity contribution in [2.75, 3.05) is 5.32 Å². The number of hydrogen-bond acceptors (Lipinski definition) is 5. The van der Waals surface area contributed by atoms with Gasteiger partial charge in [-0.1, -0.05) is 23.7 Å². The van der Waals surface area contributed by atoms with E-state index in [1.165, 1.54) is 0 Å². The summed E-state index contributed by atoms with van der Waals surface area (Å²) in [6, 6.07) is 7.71. The summed E-state index contributed by atoms with van der Waals surface area (Å²) in [4.78, 5) is 23.5. The predicted octanol–water partition coefficient (Wildman–Crippen LogP) is 3.54. The fraction of sp³-hybridized carbons (Fsp3) is 0.0667. The van der Waals surface area contributed by atoms with Gasteiger partial charge in [-0.05, 0) is 24.4 Å². The fourth-order valence-electron chi connectivity index (χ4n) is 2.10. The van der Waals surface area contributed by atoms with Crippen LogP contribution in [0.5, 0.6) is 0 Å². The zero-order valence-electron chi connectivity index (χ0n) is 11.2. The van der Waals surface area contributed by atoms with E-state index in [-0.39, 0.29) is 10.7 Å². The van der Waals surface area contributed by atoms with Gasteiger partial charge in [0.05, 0.1) is 5.56 Å². The van der Waals surface area contributed by atoms with Crippen LogP contribution in [0.15, 0.2) is 36.7 Å². The molecule has 5 nitrogen and oxygen atoms in total. The molecule has 0 aliphatic heterocycles. The van der Waals surface area contributed by atoms with Crippen LogP contribution in [-0.2, 0) is 0 Å². The second-order valence-electron chi connectivity index (χ2n) is 4.47. The monoisotopic (exact) mass is 298 g/mol. The number of nitrogens with one attached hydrogen (secondary N) is 1. The van der Waals surface area contributed by atoms with Gasteiger partial charge in [-0.3, -0.25) is 9.78 Å². The maximum Gasteiger partial charge on any atom is 0.156 e. The van der Waals surface area contributed by atoms with Crippen LogP contribution < -0.4 is 5.32 Å². The Balaban J connectivity index is 2.13. The summed E-state index contributed by atoms with van der Waals surface area (Å²) in [7, 11) is 0. The predicted molar refractivity (Wildman–Crippen MR) is 82.2 cm³/mol. The van der Waals surface area contributed by atoms with Gasteiger partial charge in [0.25, 0.3) is 0 Å². The lowest BCUT2D eigenvalue weighted by molar-refractivity contribution is 0.112. The molecule has 0 spiro atoms. The molecule has 1 N–H and O–H groups in total. The van der Waals surface area contributed by atoms with Crippen molar-refractivity contribution in [2.24, 2.45) is 0 Å². The number of hydrogen-bond donors (Lipinski definition) is 1. The number of pyridine rings is 1. The first kappa shape index (κ1) is 13.5. The van der Waals surface area contributed by atoms with E-state index in [0.717, 1.165) is 16.5 Å². The van der Waals surface area contributed by atoms with Gasteiger partial charge in [0.15, 0.2) is 6.29 Å². The number of carbonyl (C=O) groups is 1. The van der Waals surface area contributed by atoms with E-state index in [9.17, 15) is 4.79 Å². The average Bonchev–Trinajstić information content (AvgIpc) is 2.47. The highest BCUT2D eigenvalue weighted by molar-refractivity contribution is 6.32. The minimum atomic E-state index is 0.137. The summed E-state index contributed by atoms with van der Waals surface area (Å²) in [5.74, 6) is 0.880. The highest BCUT2D eigenvalue weighted by Gasteiger charge is 2.12. The largest absolute Gasteiger partial charge is 0.339 e. The van der Waals surface area contributed by atoms with Gasteiger partial charge in [-0.15, -0.1) is 0 Å². The molecule has 0 unspecified atom stereocenters. The molecule has 0 aliphatic carbocycles. The molecule has 21 heavy (non-hydrogen) atoms. The van der Waals surface area contributed by atoms with E-state index in [2.05, 4.69) is 20.3 Å². The molecule has 0 atom stereocenters. The molecule has 0 amide bonds. The van der Waals surface area contributed by atoms with Crippen LogP contribution in [0.4, 0.5) is 11.5 Å². The second kappa shape index (κ2) is 5.46. The van der Waals surface area contributed by atoms with E-state index in [4.69, 9.17) is 11.6 Å². The van der Waals surface area contributed by atoms with Gasteiger partial charge in [-0.2, -0.15) is 0 Å². The summed E-state index contributed by atoms with van der Waals surface area (Å²) in [5, 5.41) is 5.25. The van der Waals surface area contributed by atoms with Gasteiger partial charge in [0, 0.05) is 23.5 Å². The normalized spacial score (nSPS) is 10.6. The Kier molecular flexibility index (Phi) is 3.50. The number of aryl methyl sites for hydroxylation is 1. The molecule has 104 valence electrons. The standard InChI is InChI=1S/C15H11ClN4O/c1-9-18-14(16)12(8-21)15(19-9)20-13-4-2-3-10-5-6-17-7-11(10)13/h2-8H,1H3,(H,18,19,20). The smallest absolute Gasteiger partial charge is 0.156 e. The number of nitrogens with zero attached hydrogens (tertiary/aromatic N) is 3. The first-order chi connectivity index (χ1) is 10.2. The molecular formula is C15H11ClN4O. The molecule has 1 aromatic carbocycles. The van der Waals surface area contributed by atoms with Gasteiger partial charge in [-0.25, -0.2) is 9.97 Å². The molecule has 0 radical (unpaired) electrons. The van der Waals surface area contributed by atoms with Crippen molar-refractivity contribution in [3.63, 3.8) is 0 Å². The highest BCUT2D eigenvalue weighted by Crippen LogP contribution is 2.27. The third kappa shape index (κ3) is 2.55. The number of rotatable bonds is 3. The van der Waals surface area contributed by atoms with Crippen molar-refractivity contribution < 1.29 is 4.79 Å². The van der Waals surface area contributed by atoms with Crippen LogP contribution in [0.1, 0.15) is 16.2 Å². The van der Waals surface area contributed by atoms with Crippen molar-refractivity contribution in [3.8, 4) is 0 Å². The number of anilines is 2. The second-order valence-corrected chi connectivity index (χ2v) is 4.83. The van der Waals surface area contributed by atoms with E-state index >= 15 is 0 Å². The molecule has 2 heterocycles. The Morgan fingerprint density at radius 3 is 2.90 bits per heavy atom. The number of halogens is 1. The summed E-state index contributed by atoms with van der Waals surface area (Å²) < 4.78 is 0. The average molecular weight is 299 g/mol. The van der Waals surface area contributed by atoms with E-state index in [1.54, 1.807) is 19.3 Å². The Morgan fingerprint density at radius 1 is 1.24 bits per heavy atom. The Morgan fingerprint density at radius 2 is 2.10 bits per heavy atom. The molecule has 0 fully saturated rings. The highest BCUT2D eigenvalue weighted by atomic mass is 35.5. The van der Waals surface area contributed by atoms with Gasteiger partial charge < -0.3 is 5.32 Å². The van der Waals surface area contributed by atoms with Gasteiger partial charge >= 0.3 is 0 Å². The topological polar surface area (TPSA) is 67.8 Å². The van der Waals surface area contributed by atoms with Gasteiger partial charge in [0.2, 0.25) is 0 Å². The zero-order valence-corrected chi connectivity index (χ0v) is 11.9. The lowest BCUT2D eigenvalue weighted by atomic mass is 10.1. The van der Waals surface area contributed by atoms with Crippen LogP contribution in [0.2, 0.25) is 5.15 Å². The summed E-state index contributed by atoms with van der Waals surface area (Å²) >= 11 is 5.98. The molecule has 0 saturated carbocycles. The minimum absolute atomic E-state index is 0.137. The Hall–Kier alpha value is -2.53. The van der Waals surface area contributed by atoms with Crippen LogP contribution in [-0.4, -0.2) is 21.2 Å². The van der Waals surface area contributed by atoms with E-state index in [1.807, 2.05) is 24.3 Å². The SMILES string of the molecule is Cc1nc(Cl)c(C=O)c(Nc2cccc3ccncc23)n1. The fourth-order valence-corrected chi connectivity index (χ4v) is 2.35. The Labute approximate surface area is 126 Å². The third-order valence-corrected chi connectivity index (χ3v) is 3.35. The van der Waals surface area contributed by atoms with E-state index < -0.39 is 0 Å². The lowest BCUT2D eigenvalue weighted by Gasteiger charge is -2.11. The third-order valence-electron chi connectivity index (χ3n) is 3.07. The molecule has 0 saturated heterocycles. The number of fused-ring (bicyclic) bond motifs is 1. The van der Waals surface area contributed by atoms with Crippen LogP contribution in [0.25, 0.3) is 10.8 Å². The molecule has 0 bridgehead atoms. The van der Waals surface area contributed by atoms with Crippen molar-refractivity contribution in [1.82, 2.24) is 15.0 Å². The molecule has 3 rings (SSSR count). The summed E-state index contributed by atoms with van der Waals surface area (Å²) in [5.41, 5.74) is 1.04. The number of aldehydes is 1. The summed E-state index contributed by atoms with van der Waals surface area (Å²) in [6.07, 6.45) is 4.13. The first-order valence-electron chi connectivity index (χ1n) is 6.28. The summed E-state index contributed by atoms with van der Waals surface area (Å²) in [6.45, 7) is 1.72. The lowest BCUT2D eigenvalue weighted by Crippen LogP contribution is -2.03. The molecule has 0 aliphatic rings. The number of carbonyl (C=O) groups excluding carboxylic acids is 1. The van der Waals surface area contributed by atoms with Crippen molar-refractivity contribution in [3.05, 3.63) is 53.2 Å². The van der Waals surface area contributed by atoms with E-state index in [0.29, 0.717) is 17.9 Å². The van der Waals surface area contributed by atoms with Crippen molar-refractivity contribution >= 4 is 40.2 Å². The maximum atomic E-state index is 11.2. The van der Waals surface area contributed by atoms with Crippen LogP contribution in [0, 0.1) is 6.92 Å². The maximum absolute atomic E-state index is 11.2. The van der Waals surface area contributed by atoms with Crippen molar-refractivity contribution in [1.29, 1.82) is 0 Å². The van der Waals surface area contributed by atoms with Gasteiger partial charge in [0.1, 0.15) is 16.8 Å². The number of aromatic nitrogens is 3. The van der Waals surface area contributed by atoms with Crippen LogP contribution in [0.3, 0.4) is 0 Å². The van der Waals surface area contributed by atoms with Crippen molar-refractivity contribution in [2.45, 2.75) is 6.92 Å². The quantitative estimate of drug-likeness (QED) is 0.591. The van der Waals surface area contributed by atoms with Crippen LogP contribution >= 0.6 is 11.6 Å². The minimum Gasteiger partial charge on any atom is -0.339 e. The molecule has 2 aromatic heterocycles.